The van der Waals surface area contributed by atoms with E-state index in [0.717, 1.165) is 4.90 Å². The molecule has 0 radical (unpaired) electrons. The molecule has 12 N–H and O–H groups in total. The number of nitrogens with zero attached hydrogens (tertiary/aromatic N) is 1. The van der Waals surface area contributed by atoms with Crippen LogP contribution in [0.3, 0.4) is 0 Å². The van der Waals surface area contributed by atoms with E-state index in [4.69, 9.17) is 11.5 Å². The summed E-state index contributed by atoms with van der Waals surface area (Å²) in [5.41, 5.74) is 11.0. The Hall–Kier alpha value is -4.85. The smallest absolute Gasteiger partial charge is 0.326 e. The molecule has 1 aliphatic heterocycles. The number of nitrogens with two attached hydrogens (primary N) is 2. The van der Waals surface area contributed by atoms with E-state index in [1.807, 2.05) is 6.92 Å². The first-order chi connectivity index (χ1) is 23.3. The highest BCUT2D eigenvalue weighted by Gasteiger charge is 2.40. The second kappa shape index (κ2) is 20.6. The van der Waals surface area contributed by atoms with Crippen LogP contribution in [-0.4, -0.2) is 129 Å². The Morgan fingerprint density at radius 1 is 0.860 bits per heavy atom. The van der Waals surface area contributed by atoms with Gasteiger partial charge in [0.15, 0.2) is 0 Å². The van der Waals surface area contributed by atoms with Crippen LogP contribution in [0.25, 0.3) is 0 Å². The summed E-state index contributed by atoms with van der Waals surface area (Å²) in [6.07, 6.45) is -0.285. The molecule has 1 fully saturated rings. The van der Waals surface area contributed by atoms with Crippen molar-refractivity contribution in [3.8, 4) is 0 Å². The number of hydrogen-bond acceptors (Lipinski definition) is 11. The first-order valence-corrected chi connectivity index (χ1v) is 16.2. The summed E-state index contributed by atoms with van der Waals surface area (Å²) >= 11 is 0. The Balaban J connectivity index is 2.95. The van der Waals surface area contributed by atoms with E-state index in [-0.39, 0.29) is 31.7 Å². The summed E-state index contributed by atoms with van der Waals surface area (Å²) in [5.74, 6) is -9.56. The van der Waals surface area contributed by atoms with Crippen molar-refractivity contribution in [2.75, 3.05) is 19.7 Å². The van der Waals surface area contributed by atoms with Gasteiger partial charge < -0.3 is 58.3 Å². The Morgan fingerprint density at radius 3 is 2.00 bits per heavy atom. The topological polar surface area (TPSA) is 330 Å². The minimum atomic E-state index is -1.59. The maximum atomic E-state index is 13.5. The Morgan fingerprint density at radius 2 is 1.48 bits per heavy atom. The second-order valence-electron chi connectivity index (χ2n) is 12.4. The average molecular weight is 715 g/mol. The summed E-state index contributed by atoms with van der Waals surface area (Å²) in [7, 11) is 0. The first kappa shape index (κ1) is 43.2. The summed E-state index contributed by atoms with van der Waals surface area (Å²) in [4.78, 5) is 113. The molecule has 1 heterocycles. The molecule has 0 aromatic heterocycles. The number of nitrogens with one attached hydrogen (secondary N) is 5. The van der Waals surface area contributed by atoms with Gasteiger partial charge in [0, 0.05) is 13.0 Å². The number of carbonyl (C=O) groups is 9. The van der Waals surface area contributed by atoms with Crippen LogP contribution in [0, 0.1) is 11.8 Å². The van der Waals surface area contributed by atoms with Crippen molar-refractivity contribution in [1.82, 2.24) is 31.5 Å². The second-order valence-corrected chi connectivity index (χ2v) is 12.4. The van der Waals surface area contributed by atoms with E-state index in [2.05, 4.69) is 26.6 Å². The van der Waals surface area contributed by atoms with Gasteiger partial charge in [-0.15, -0.1) is 0 Å². The predicted octanol–water partition coefficient (Wildman–Crippen LogP) is -4.12. The van der Waals surface area contributed by atoms with Gasteiger partial charge in [0.2, 0.25) is 41.4 Å². The third-order valence-electron chi connectivity index (χ3n) is 8.19. The summed E-state index contributed by atoms with van der Waals surface area (Å²) < 4.78 is 0. The minimum Gasteiger partial charge on any atom is -0.481 e. The van der Waals surface area contributed by atoms with Crippen LogP contribution in [0.5, 0.6) is 0 Å². The van der Waals surface area contributed by atoms with E-state index in [1.165, 1.54) is 0 Å². The molecule has 50 heavy (non-hydrogen) atoms. The number of amides is 7. The van der Waals surface area contributed by atoms with E-state index in [9.17, 15) is 58.5 Å². The SMILES string of the molecule is CC[C@H](C)[C@H](N)C(=O)N[C@@H](CC(=O)O)C(=O)N1CCC[C@H]1C(=O)N[C@H](C(=O)N[C@@H](CO)C(=O)NCC(=O)N[C@@H](CCC(N)=O)C(=O)O)C(C)C. The van der Waals surface area contributed by atoms with Crippen LogP contribution >= 0.6 is 0 Å². The van der Waals surface area contributed by atoms with E-state index < -0.39 is 115 Å². The van der Waals surface area contributed by atoms with Crippen molar-refractivity contribution in [3.63, 3.8) is 0 Å². The van der Waals surface area contributed by atoms with Gasteiger partial charge in [-0.3, -0.25) is 38.4 Å². The number of aliphatic hydroxyl groups is 1. The van der Waals surface area contributed by atoms with Crippen molar-refractivity contribution in [1.29, 1.82) is 0 Å². The average Bonchev–Trinajstić information content (AvgIpc) is 3.54. The van der Waals surface area contributed by atoms with Crippen LogP contribution in [0.2, 0.25) is 0 Å². The summed E-state index contributed by atoms with van der Waals surface area (Å²) in [6.45, 7) is 5.11. The maximum absolute atomic E-state index is 13.5. The molecule has 0 saturated carbocycles. The lowest BCUT2D eigenvalue weighted by Crippen LogP contribution is -2.60. The number of hydrogen-bond donors (Lipinski definition) is 10. The Labute approximate surface area is 288 Å². The number of primary amides is 1. The molecule has 1 aliphatic rings. The van der Waals surface area contributed by atoms with E-state index in [1.54, 1.807) is 20.8 Å². The fraction of sp³-hybridized carbons (Fsp3) is 0.700. The van der Waals surface area contributed by atoms with Crippen LogP contribution in [0.1, 0.15) is 66.2 Å². The molecule has 7 atom stereocenters. The van der Waals surface area contributed by atoms with Gasteiger partial charge in [0.1, 0.15) is 30.2 Å². The molecule has 0 aromatic carbocycles. The van der Waals surface area contributed by atoms with Gasteiger partial charge in [-0.05, 0) is 31.1 Å². The largest absolute Gasteiger partial charge is 0.481 e. The molecular formula is C30H50N8O12. The molecule has 0 aliphatic carbocycles. The summed E-state index contributed by atoms with van der Waals surface area (Å²) in [5, 5.41) is 39.9. The van der Waals surface area contributed by atoms with Crippen molar-refractivity contribution in [2.45, 2.75) is 102 Å². The number of aliphatic carboxylic acids is 2. The molecule has 282 valence electrons. The lowest BCUT2D eigenvalue weighted by Gasteiger charge is -2.31. The molecule has 1 rings (SSSR count). The molecule has 7 amide bonds. The Bertz CT molecular complexity index is 1280. The molecule has 20 heteroatoms. The fourth-order valence-corrected chi connectivity index (χ4v) is 4.98. The van der Waals surface area contributed by atoms with Gasteiger partial charge in [0.25, 0.3) is 0 Å². The van der Waals surface area contributed by atoms with Crippen LogP contribution in [-0.2, 0) is 43.2 Å². The molecule has 0 unspecified atom stereocenters. The van der Waals surface area contributed by atoms with Gasteiger partial charge in [-0.25, -0.2) is 4.79 Å². The zero-order valence-corrected chi connectivity index (χ0v) is 28.6. The fourth-order valence-electron chi connectivity index (χ4n) is 4.98. The van der Waals surface area contributed by atoms with Gasteiger partial charge in [-0.1, -0.05) is 34.1 Å². The summed E-state index contributed by atoms with van der Waals surface area (Å²) in [6, 6.07) is -7.97. The number of carboxylic acid groups (broad SMARTS) is 2. The molecule has 0 bridgehead atoms. The minimum absolute atomic E-state index is 0.0670. The molecule has 20 nitrogen and oxygen atoms in total. The Kier molecular flexibility index (Phi) is 17.8. The highest BCUT2D eigenvalue weighted by atomic mass is 16.4. The lowest BCUT2D eigenvalue weighted by atomic mass is 9.99. The normalized spacial score (nSPS) is 17.7. The number of likely N-dealkylation sites (tertiary alicyclic amines) is 1. The standard InChI is InChI=1S/C30H50N8O12/c1-5-15(4)23(32)27(46)35-17(11-22(42)43)29(48)38-10-6-7-19(38)26(45)37-24(14(2)3)28(47)36-18(13-39)25(44)33-12-21(41)34-16(30(49)50)8-9-20(31)40/h14-19,23-24,39H,5-13,32H2,1-4H3,(H2,31,40)(H,33,44)(H,34,41)(H,35,46)(H,36,47)(H,37,45)(H,42,43)(H,49,50)/t15-,16-,17-,18-,19-,23-,24-/m0/s1. The third kappa shape index (κ3) is 13.6. The van der Waals surface area contributed by atoms with E-state index >= 15 is 0 Å². The van der Waals surface area contributed by atoms with Gasteiger partial charge >= 0.3 is 11.9 Å². The number of carbonyl (C=O) groups excluding carboxylic acids is 7. The van der Waals surface area contributed by atoms with Gasteiger partial charge in [0.05, 0.1) is 25.6 Å². The third-order valence-corrected chi connectivity index (χ3v) is 8.19. The first-order valence-electron chi connectivity index (χ1n) is 16.2. The number of rotatable bonds is 21. The molecular weight excluding hydrogens is 664 g/mol. The van der Waals surface area contributed by atoms with Crippen molar-refractivity contribution < 1.29 is 58.5 Å². The van der Waals surface area contributed by atoms with Crippen molar-refractivity contribution in [3.05, 3.63) is 0 Å². The van der Waals surface area contributed by atoms with E-state index in [0.29, 0.717) is 12.8 Å². The zero-order valence-electron chi connectivity index (χ0n) is 28.6. The predicted molar refractivity (Wildman–Crippen MR) is 173 cm³/mol. The highest BCUT2D eigenvalue weighted by Crippen LogP contribution is 2.20. The molecule has 0 aromatic rings. The number of aliphatic hydroxyl groups excluding tert-OH is 1. The van der Waals surface area contributed by atoms with Crippen LogP contribution in [0.4, 0.5) is 0 Å². The molecule has 0 spiro atoms. The molecule has 1 saturated heterocycles. The highest BCUT2D eigenvalue weighted by molar-refractivity contribution is 5.97. The monoisotopic (exact) mass is 714 g/mol. The van der Waals surface area contributed by atoms with Crippen LogP contribution < -0.4 is 38.1 Å². The zero-order chi connectivity index (χ0) is 38.3. The quantitative estimate of drug-likeness (QED) is 0.0541. The van der Waals surface area contributed by atoms with Crippen LogP contribution in [0.15, 0.2) is 0 Å². The number of carboxylic acids is 2. The van der Waals surface area contributed by atoms with Crippen molar-refractivity contribution in [2.24, 2.45) is 23.3 Å². The maximum Gasteiger partial charge on any atom is 0.326 e. The van der Waals surface area contributed by atoms with Crippen molar-refractivity contribution >= 4 is 53.3 Å². The lowest BCUT2D eigenvalue weighted by molar-refractivity contribution is -0.146. The van der Waals surface area contributed by atoms with Gasteiger partial charge in [-0.2, -0.15) is 0 Å².